The second kappa shape index (κ2) is 9.76. The van der Waals surface area contributed by atoms with Crippen LogP contribution in [0.15, 0.2) is 42.9 Å². The monoisotopic (exact) mass is 492 g/mol. The molecule has 182 valence electrons. The number of carbonyl (C=O) groups is 1. The number of aromatic nitrogens is 4. The van der Waals surface area contributed by atoms with Crippen LogP contribution in [0, 0.1) is 11.3 Å². The molecule has 0 radical (unpaired) electrons. The first-order valence-corrected chi connectivity index (χ1v) is 12.0. The molecule has 1 N–H and O–H groups in total. The van der Waals surface area contributed by atoms with Crippen molar-refractivity contribution in [3.63, 3.8) is 0 Å². The molecular formula is C26H29ClN6O2. The van der Waals surface area contributed by atoms with E-state index in [1.54, 1.807) is 36.7 Å². The number of benzene rings is 1. The molecule has 0 atom stereocenters. The number of hydrogen-bond donors (Lipinski definition) is 1. The highest BCUT2D eigenvalue weighted by Crippen LogP contribution is 2.41. The molecular weight excluding hydrogens is 464 g/mol. The smallest absolute Gasteiger partial charge is 0.227 e. The van der Waals surface area contributed by atoms with Crippen LogP contribution in [0.25, 0.3) is 11.3 Å². The fourth-order valence-corrected chi connectivity index (χ4v) is 4.91. The average Bonchev–Trinajstić information content (AvgIpc) is 3.25. The number of nitrogens with one attached hydrogen (secondary N) is 1. The van der Waals surface area contributed by atoms with Gasteiger partial charge in [-0.2, -0.15) is 10.4 Å². The summed E-state index contributed by atoms with van der Waals surface area (Å²) < 4.78 is 8.18. The van der Waals surface area contributed by atoms with E-state index >= 15 is 0 Å². The third-order valence-corrected chi connectivity index (χ3v) is 6.20. The normalized spacial score (nSPS) is 17.0. The predicted molar refractivity (Wildman–Crippen MR) is 135 cm³/mol. The summed E-state index contributed by atoms with van der Waals surface area (Å²) in [6.45, 7) is 8.45. The molecule has 3 heterocycles. The van der Waals surface area contributed by atoms with Crippen molar-refractivity contribution in [2.45, 2.75) is 70.6 Å². The standard InChI is InChI=1S/C26H29ClN6O2/c1-25(2)12-20(13-26(3,4)35-25)33-16-19(14-30-33)31-24-29-15-21(27)23(32-24)18-9-7-17(8-10-18)22(34)6-5-11-28/h7-10,14-16,20H,5-6,12-13H2,1-4H3,(H,29,31,32). The lowest BCUT2D eigenvalue weighted by Gasteiger charge is -2.45. The van der Waals surface area contributed by atoms with E-state index < -0.39 is 0 Å². The molecule has 0 amide bonds. The Morgan fingerprint density at radius 3 is 2.54 bits per heavy atom. The number of ether oxygens (including phenoxy) is 1. The molecule has 0 spiro atoms. The molecule has 1 aliphatic heterocycles. The number of rotatable bonds is 7. The van der Waals surface area contributed by atoms with E-state index in [1.165, 1.54) is 0 Å². The maximum Gasteiger partial charge on any atom is 0.227 e. The Morgan fingerprint density at radius 1 is 1.20 bits per heavy atom. The quantitative estimate of drug-likeness (QED) is 0.395. The van der Waals surface area contributed by atoms with E-state index in [-0.39, 0.29) is 35.9 Å². The maximum atomic E-state index is 12.1. The van der Waals surface area contributed by atoms with Crippen LogP contribution < -0.4 is 5.32 Å². The number of Topliss-reactive ketones (excluding diaryl/α,β-unsaturated/α-hetero) is 1. The van der Waals surface area contributed by atoms with Gasteiger partial charge in [0, 0.05) is 30.2 Å². The van der Waals surface area contributed by atoms with Crippen molar-refractivity contribution in [2.75, 3.05) is 5.32 Å². The molecule has 1 aliphatic rings. The van der Waals surface area contributed by atoms with Gasteiger partial charge in [-0.15, -0.1) is 0 Å². The van der Waals surface area contributed by atoms with Crippen molar-refractivity contribution < 1.29 is 9.53 Å². The van der Waals surface area contributed by atoms with Gasteiger partial charge < -0.3 is 10.1 Å². The van der Waals surface area contributed by atoms with Crippen molar-refractivity contribution in [2.24, 2.45) is 0 Å². The van der Waals surface area contributed by atoms with Crippen LogP contribution in [-0.2, 0) is 4.74 Å². The van der Waals surface area contributed by atoms with Gasteiger partial charge in [0.25, 0.3) is 0 Å². The van der Waals surface area contributed by atoms with Gasteiger partial charge in [0.15, 0.2) is 5.78 Å². The van der Waals surface area contributed by atoms with Crippen LogP contribution in [0.3, 0.4) is 0 Å². The van der Waals surface area contributed by atoms with Crippen molar-refractivity contribution >= 4 is 29.0 Å². The van der Waals surface area contributed by atoms with Gasteiger partial charge in [-0.3, -0.25) is 9.48 Å². The Labute approximate surface area is 210 Å². The van der Waals surface area contributed by atoms with Crippen molar-refractivity contribution in [3.05, 3.63) is 53.4 Å². The van der Waals surface area contributed by atoms with E-state index in [4.69, 9.17) is 21.6 Å². The van der Waals surface area contributed by atoms with Gasteiger partial charge in [0.05, 0.1) is 52.1 Å². The summed E-state index contributed by atoms with van der Waals surface area (Å²) in [5.41, 5.74) is 2.20. The number of anilines is 2. The predicted octanol–water partition coefficient (Wildman–Crippen LogP) is 6.13. The molecule has 3 aromatic rings. The zero-order valence-electron chi connectivity index (χ0n) is 20.4. The fourth-order valence-electron chi connectivity index (χ4n) is 4.71. The SMILES string of the molecule is CC1(C)CC(n2cc(Nc3ncc(Cl)c(-c4ccc(C(=O)CCC#N)cc4)n3)cn2)CC(C)(C)O1. The molecule has 2 aromatic heterocycles. The number of hydrogen-bond acceptors (Lipinski definition) is 7. The number of halogens is 1. The van der Waals surface area contributed by atoms with Crippen LogP contribution in [0.1, 0.15) is 69.8 Å². The average molecular weight is 493 g/mol. The van der Waals surface area contributed by atoms with E-state index in [9.17, 15) is 4.79 Å². The minimum absolute atomic E-state index is 0.0671. The maximum absolute atomic E-state index is 12.1. The summed E-state index contributed by atoms with van der Waals surface area (Å²) in [5, 5.41) is 16.9. The Morgan fingerprint density at radius 2 is 1.89 bits per heavy atom. The summed E-state index contributed by atoms with van der Waals surface area (Å²) in [7, 11) is 0. The lowest BCUT2D eigenvalue weighted by atomic mass is 9.85. The van der Waals surface area contributed by atoms with E-state index in [0.717, 1.165) is 24.1 Å². The largest absolute Gasteiger partial charge is 0.370 e. The van der Waals surface area contributed by atoms with Gasteiger partial charge >= 0.3 is 0 Å². The molecule has 0 bridgehead atoms. The third-order valence-electron chi connectivity index (χ3n) is 5.93. The van der Waals surface area contributed by atoms with Gasteiger partial charge in [0.1, 0.15) is 0 Å². The molecule has 1 aromatic carbocycles. The Bertz CT molecular complexity index is 1240. The first-order chi connectivity index (χ1) is 16.5. The summed E-state index contributed by atoms with van der Waals surface area (Å²) >= 11 is 6.38. The minimum Gasteiger partial charge on any atom is -0.370 e. The fraction of sp³-hybridized carbons (Fsp3) is 0.423. The molecule has 4 rings (SSSR count). The number of nitriles is 1. The molecule has 8 nitrogen and oxygen atoms in total. The van der Waals surface area contributed by atoms with Crippen molar-refractivity contribution in [1.29, 1.82) is 5.26 Å². The molecule has 1 fully saturated rings. The van der Waals surface area contributed by atoms with Crippen LogP contribution in [-0.4, -0.2) is 36.7 Å². The van der Waals surface area contributed by atoms with Gasteiger partial charge in [-0.1, -0.05) is 35.9 Å². The molecule has 0 aliphatic carbocycles. The Hall–Kier alpha value is -3.28. The van der Waals surface area contributed by atoms with E-state index in [2.05, 4.69) is 48.1 Å². The number of ketones is 1. The van der Waals surface area contributed by atoms with Crippen molar-refractivity contribution in [3.8, 4) is 17.3 Å². The lowest BCUT2D eigenvalue weighted by Crippen LogP contribution is -2.45. The van der Waals surface area contributed by atoms with E-state index in [0.29, 0.717) is 22.2 Å². The lowest BCUT2D eigenvalue weighted by molar-refractivity contribution is -0.170. The van der Waals surface area contributed by atoms with Crippen LogP contribution in [0.5, 0.6) is 0 Å². The highest BCUT2D eigenvalue weighted by molar-refractivity contribution is 6.32. The molecule has 9 heteroatoms. The number of nitrogens with zero attached hydrogens (tertiary/aromatic N) is 5. The summed E-state index contributed by atoms with van der Waals surface area (Å²) in [4.78, 5) is 21.0. The van der Waals surface area contributed by atoms with Crippen molar-refractivity contribution in [1.82, 2.24) is 19.7 Å². The minimum atomic E-state index is -0.226. The molecule has 35 heavy (non-hydrogen) atoms. The third kappa shape index (κ3) is 6.05. The first-order valence-electron chi connectivity index (χ1n) is 11.6. The highest BCUT2D eigenvalue weighted by Gasteiger charge is 2.40. The zero-order valence-corrected chi connectivity index (χ0v) is 21.1. The highest BCUT2D eigenvalue weighted by atomic mass is 35.5. The molecule has 0 saturated carbocycles. The Balaban J connectivity index is 1.50. The van der Waals surface area contributed by atoms with Crippen LogP contribution in [0.4, 0.5) is 11.6 Å². The first kappa shape index (κ1) is 24.8. The summed E-state index contributed by atoms with van der Waals surface area (Å²) in [5.74, 6) is 0.327. The van der Waals surface area contributed by atoms with Crippen LogP contribution >= 0.6 is 11.6 Å². The Kier molecular flexibility index (Phi) is 6.93. The second-order valence-corrected chi connectivity index (χ2v) is 10.5. The molecule has 1 saturated heterocycles. The van der Waals surface area contributed by atoms with Gasteiger partial charge in [-0.05, 0) is 40.5 Å². The number of carbonyl (C=O) groups excluding carboxylic acids is 1. The van der Waals surface area contributed by atoms with Gasteiger partial charge in [0.2, 0.25) is 5.95 Å². The summed E-state index contributed by atoms with van der Waals surface area (Å²) in [6, 6.07) is 9.25. The second-order valence-electron chi connectivity index (χ2n) is 10.1. The zero-order chi connectivity index (χ0) is 25.2. The van der Waals surface area contributed by atoms with Crippen LogP contribution in [0.2, 0.25) is 5.02 Å². The topological polar surface area (TPSA) is 106 Å². The molecule has 0 unspecified atom stereocenters. The van der Waals surface area contributed by atoms with E-state index in [1.807, 2.05) is 16.9 Å². The summed E-state index contributed by atoms with van der Waals surface area (Å²) in [6.07, 6.45) is 7.41. The van der Waals surface area contributed by atoms with Gasteiger partial charge in [-0.25, -0.2) is 9.97 Å².